The number of amides is 4. The lowest BCUT2D eigenvalue weighted by Gasteiger charge is -2.50. The summed E-state index contributed by atoms with van der Waals surface area (Å²) in [6.07, 6.45) is 3.99. The van der Waals surface area contributed by atoms with Crippen LogP contribution in [0.25, 0.3) is 0 Å². The highest BCUT2D eigenvalue weighted by atomic mass is 35.5. The molecule has 20 nitrogen and oxygen atoms in total. The van der Waals surface area contributed by atoms with Crippen LogP contribution in [0, 0.1) is 0 Å². The Labute approximate surface area is 397 Å². The lowest BCUT2D eigenvalue weighted by Crippen LogP contribution is -2.71. The monoisotopic (exact) mass is 977 g/mol. The average molecular weight is 978 g/mol. The predicted octanol–water partition coefficient (Wildman–Crippen LogP) is 3.64. The molecule has 2 fully saturated rings. The van der Waals surface area contributed by atoms with Crippen LogP contribution in [0.15, 0.2) is 32.8 Å². The Balaban J connectivity index is 1.33. The van der Waals surface area contributed by atoms with Crippen molar-refractivity contribution in [1.82, 2.24) is 25.5 Å². The van der Waals surface area contributed by atoms with Crippen LogP contribution in [-0.4, -0.2) is 142 Å². The van der Waals surface area contributed by atoms with Crippen LogP contribution in [0.2, 0.25) is 5.02 Å². The van der Waals surface area contributed by atoms with E-state index < -0.39 is 75.1 Å². The molecule has 0 aromatic carbocycles. The number of hydrogen-bond donors (Lipinski definition) is 4. The van der Waals surface area contributed by atoms with Crippen molar-refractivity contribution in [2.24, 2.45) is 5.16 Å². The number of H-pyrrole nitrogens is 1. The maximum absolute atomic E-state index is 14.1. The number of halogens is 1. The van der Waals surface area contributed by atoms with Crippen molar-refractivity contribution in [3.8, 4) is 5.75 Å². The number of carbonyl (C=O) groups is 6. The van der Waals surface area contributed by atoms with Gasteiger partial charge in [0.05, 0.1) is 32.8 Å². The highest BCUT2D eigenvalue weighted by Gasteiger charge is 2.55. The number of nitrogens with zero attached hydrogens (tertiary/aromatic N) is 4. The number of aromatic nitrogens is 2. The summed E-state index contributed by atoms with van der Waals surface area (Å²) >= 11 is 8.62. The molecular formula is C42H59BClN8O12S2+. The van der Waals surface area contributed by atoms with E-state index in [1.54, 1.807) is 41.5 Å². The minimum absolute atomic E-state index is 0.0352. The van der Waals surface area contributed by atoms with E-state index in [0.29, 0.717) is 35.5 Å². The maximum atomic E-state index is 14.1. The van der Waals surface area contributed by atoms with E-state index in [4.69, 9.17) is 35.3 Å². The molecule has 2 saturated heterocycles. The van der Waals surface area contributed by atoms with Crippen molar-refractivity contribution in [2.45, 2.75) is 116 Å². The van der Waals surface area contributed by atoms with Crippen molar-refractivity contribution in [3.05, 3.63) is 49.5 Å². The van der Waals surface area contributed by atoms with Crippen LogP contribution in [0.3, 0.4) is 0 Å². The van der Waals surface area contributed by atoms with Gasteiger partial charge in [-0.05, 0) is 61.8 Å². The zero-order chi connectivity index (χ0) is 48.8. The van der Waals surface area contributed by atoms with E-state index >= 15 is 0 Å². The molecule has 0 spiro atoms. The van der Waals surface area contributed by atoms with Crippen molar-refractivity contribution >= 4 is 89.3 Å². The van der Waals surface area contributed by atoms with Gasteiger partial charge in [-0.15, -0.1) is 23.1 Å². The Morgan fingerprint density at radius 2 is 1.73 bits per heavy atom. The number of aromatic amines is 1. The summed E-state index contributed by atoms with van der Waals surface area (Å²) in [6, 6.07) is -1.12. The number of β-lactam (4-membered cyclic amide) rings is 1. The smallest absolute Gasteiger partial charge is 0.413 e. The van der Waals surface area contributed by atoms with Crippen molar-refractivity contribution in [2.75, 3.05) is 50.4 Å². The van der Waals surface area contributed by atoms with Gasteiger partial charge in [-0.2, -0.15) is 0 Å². The minimum atomic E-state index is -1.67. The number of carbonyl (C=O) groups excluding carboxylic acids is 6. The summed E-state index contributed by atoms with van der Waals surface area (Å²) < 4.78 is 22.0. The second-order valence-electron chi connectivity index (χ2n) is 18.5. The second-order valence-corrected chi connectivity index (χ2v) is 20.9. The molecule has 3 aliphatic heterocycles. The number of likely N-dealkylation sites (tertiary alicyclic amines) is 1. The number of thiazole rings is 1. The lowest BCUT2D eigenvalue weighted by atomic mass is 10.0. The summed E-state index contributed by atoms with van der Waals surface area (Å²) in [5, 5.41) is 12.7. The van der Waals surface area contributed by atoms with Crippen LogP contribution in [0.4, 0.5) is 9.93 Å². The van der Waals surface area contributed by atoms with E-state index in [2.05, 4.69) is 31.1 Å². The third-order valence-corrected chi connectivity index (χ3v) is 12.9. The molecule has 5 rings (SSSR count). The number of hydrogen-bond acceptors (Lipinski definition) is 16. The summed E-state index contributed by atoms with van der Waals surface area (Å²) in [5.41, 5.74) is -3.67. The molecule has 2 aromatic heterocycles. The van der Waals surface area contributed by atoms with Crippen molar-refractivity contribution in [1.29, 1.82) is 0 Å². The number of anilines is 1. The van der Waals surface area contributed by atoms with Gasteiger partial charge in [0, 0.05) is 35.7 Å². The Bertz CT molecular complexity index is 2320. The first-order chi connectivity index (χ1) is 30.9. The van der Waals surface area contributed by atoms with Gasteiger partial charge >= 0.3 is 26.1 Å². The highest BCUT2D eigenvalue weighted by molar-refractivity contribution is 8.00. The highest BCUT2D eigenvalue weighted by Crippen LogP contribution is 2.42. The van der Waals surface area contributed by atoms with E-state index in [1.165, 1.54) is 50.1 Å². The van der Waals surface area contributed by atoms with Gasteiger partial charge in [0.2, 0.25) is 11.0 Å². The Morgan fingerprint density at radius 1 is 1.05 bits per heavy atom. The number of rotatable bonds is 18. The normalized spacial score (nSPS) is 18.4. The van der Waals surface area contributed by atoms with Gasteiger partial charge in [0.15, 0.2) is 16.6 Å². The number of thioether (sulfide) groups is 1. The van der Waals surface area contributed by atoms with E-state index in [9.17, 15) is 33.6 Å². The summed E-state index contributed by atoms with van der Waals surface area (Å²) in [4.78, 5) is 107. The first-order valence-corrected chi connectivity index (χ1v) is 23.9. The molecular weight excluding hydrogens is 919 g/mol. The van der Waals surface area contributed by atoms with Gasteiger partial charge < -0.3 is 43.8 Å². The van der Waals surface area contributed by atoms with Crippen molar-refractivity contribution < 1.29 is 57.0 Å². The van der Waals surface area contributed by atoms with Crippen LogP contribution >= 0.6 is 34.7 Å². The summed E-state index contributed by atoms with van der Waals surface area (Å²) in [6.45, 7) is 17.9. The number of pyridine rings is 1. The number of quaternary nitrogens is 1. The zero-order valence-electron chi connectivity index (χ0n) is 39.0. The van der Waals surface area contributed by atoms with Gasteiger partial charge in [-0.25, -0.2) is 19.4 Å². The standard InChI is InChI=1S/C42H58BClN8O12S2/c1-10-11-18-60-25-19-46-28(26(44)31(25)53)32(54)45-14-17-52(15-12-13-16-52)20-23-21-65-35-29(34(56)51(35)30(23)36(57)63-43)48-33(55)27(50-64-42(8,9)37(58)61-40(2,3)4)24-22-66-38(47-24)49-39(59)62-41(5,6)7/h19,22,29,35H,10-18,20-21,43H2,1-9H3,(H3-,45,46,47,48,49,53,54,55,59)/p+1/b50-27-/t29-,35-/m1/s1. The molecule has 0 aliphatic carbocycles. The van der Waals surface area contributed by atoms with E-state index in [1.807, 2.05) is 6.92 Å². The molecule has 66 heavy (non-hydrogen) atoms. The fraction of sp³-hybridized carbons (Fsp3) is 0.595. The molecule has 24 heteroatoms. The average Bonchev–Trinajstić information content (AvgIpc) is 3.89. The van der Waals surface area contributed by atoms with E-state index in [-0.39, 0.29) is 39.5 Å². The third kappa shape index (κ3) is 12.9. The fourth-order valence-electron chi connectivity index (χ4n) is 7.19. The summed E-state index contributed by atoms with van der Waals surface area (Å²) in [5.74, 6) is -3.14. The lowest BCUT2D eigenvalue weighted by molar-refractivity contribution is -0.911. The maximum Gasteiger partial charge on any atom is 0.413 e. The molecule has 3 aliphatic rings. The molecule has 5 heterocycles. The summed E-state index contributed by atoms with van der Waals surface area (Å²) in [7, 11) is 1.23. The van der Waals surface area contributed by atoms with Gasteiger partial charge in [-0.1, -0.05) is 30.1 Å². The molecule has 0 bridgehead atoms. The minimum Gasteiger partial charge on any atom is -0.539 e. The van der Waals surface area contributed by atoms with Crippen LogP contribution in [-0.2, 0) is 38.1 Å². The topological polar surface area (TPSA) is 246 Å². The number of oxime groups is 1. The Hall–Kier alpha value is -5.13. The SMILES string of the molecule is BOC(=O)C1=C(C[N+]2(CCNC(=O)c3[nH]cc(OCCCC)c(=O)c3Cl)CCCC2)CS[C@@H]2[C@H](NC(=O)/C(=N\OC(C)(C)C(=O)OC(C)(C)C)c3csc(NC(=O)OC(C)(C)C)n3)C(=O)N12. The number of fused-ring (bicyclic) bond motifs is 1. The number of ether oxygens (including phenoxy) is 3. The molecule has 2 atom stereocenters. The van der Waals surface area contributed by atoms with Gasteiger partial charge in [0.25, 0.3) is 17.7 Å². The van der Waals surface area contributed by atoms with Crippen LogP contribution in [0.5, 0.6) is 5.75 Å². The van der Waals surface area contributed by atoms with Crippen molar-refractivity contribution in [3.63, 3.8) is 0 Å². The molecule has 2 aromatic rings. The fourth-order valence-corrected chi connectivity index (χ4v) is 9.44. The van der Waals surface area contributed by atoms with Gasteiger partial charge in [-0.3, -0.25) is 29.4 Å². The molecule has 0 saturated carbocycles. The second kappa shape index (κ2) is 21.2. The molecule has 0 unspecified atom stereocenters. The van der Waals surface area contributed by atoms with E-state index in [0.717, 1.165) is 50.1 Å². The van der Waals surface area contributed by atoms with Crippen LogP contribution < -0.4 is 26.1 Å². The molecule has 360 valence electrons. The number of nitrogens with one attached hydrogen (secondary N) is 4. The first-order valence-electron chi connectivity index (χ1n) is 21.6. The predicted molar refractivity (Wildman–Crippen MR) is 250 cm³/mol. The van der Waals surface area contributed by atoms with Crippen LogP contribution in [0.1, 0.15) is 104 Å². The molecule has 4 N–H and O–H groups in total. The quantitative estimate of drug-likeness (QED) is 0.0317. The number of esters is 1. The molecule has 0 radical (unpaired) electrons. The first kappa shape index (κ1) is 51.9. The zero-order valence-corrected chi connectivity index (χ0v) is 41.4. The third-order valence-electron chi connectivity index (χ3n) is 10.4. The largest absolute Gasteiger partial charge is 0.539 e. The molecule has 4 amide bonds. The number of unbranched alkanes of at least 4 members (excludes halogenated alkanes) is 1. The van der Waals surface area contributed by atoms with Gasteiger partial charge in [0.1, 0.15) is 51.3 Å². The Morgan fingerprint density at radius 3 is 2.36 bits per heavy atom. The Kier molecular flexibility index (Phi) is 16.7.